The molecule has 4 rings (SSSR count). The lowest BCUT2D eigenvalue weighted by molar-refractivity contribution is 0.100. The fraction of sp³-hybridized carbons (Fsp3) is 0.211. The van der Waals surface area contributed by atoms with Gasteiger partial charge in [0, 0.05) is 30.4 Å². The summed E-state index contributed by atoms with van der Waals surface area (Å²) in [5.41, 5.74) is 7.74. The standard InChI is InChI=1S/C19H19N5O/c20-18(25)13-7-4-8-14-17(13)22-11-23-19(14)24-16-10-21-9-15(16)12-5-2-1-3-6-12/h1-8,11,15-16,21H,9-10H2,(H2,20,25)(H,22,23,24). The van der Waals surface area contributed by atoms with Crippen molar-refractivity contribution in [2.24, 2.45) is 5.73 Å². The molecular formula is C19H19N5O. The molecule has 126 valence electrons. The largest absolute Gasteiger partial charge is 0.366 e. The van der Waals surface area contributed by atoms with Crippen LogP contribution in [0.3, 0.4) is 0 Å². The number of carbonyl (C=O) groups is 1. The van der Waals surface area contributed by atoms with Gasteiger partial charge in [-0.05, 0) is 17.7 Å². The first kappa shape index (κ1) is 15.5. The Morgan fingerprint density at radius 1 is 1.08 bits per heavy atom. The maximum atomic E-state index is 11.6. The van der Waals surface area contributed by atoms with E-state index >= 15 is 0 Å². The van der Waals surface area contributed by atoms with Gasteiger partial charge in [0.1, 0.15) is 12.1 Å². The van der Waals surface area contributed by atoms with Crippen molar-refractivity contribution in [1.82, 2.24) is 15.3 Å². The molecular weight excluding hydrogens is 314 g/mol. The van der Waals surface area contributed by atoms with Crippen molar-refractivity contribution in [2.45, 2.75) is 12.0 Å². The van der Waals surface area contributed by atoms with Gasteiger partial charge in [0.25, 0.3) is 5.91 Å². The molecule has 0 spiro atoms. The second-order valence-corrected chi connectivity index (χ2v) is 6.21. The summed E-state index contributed by atoms with van der Waals surface area (Å²) >= 11 is 0. The van der Waals surface area contributed by atoms with Crippen molar-refractivity contribution in [3.8, 4) is 0 Å². The van der Waals surface area contributed by atoms with Crippen molar-refractivity contribution in [2.75, 3.05) is 18.4 Å². The topological polar surface area (TPSA) is 92.9 Å². The fourth-order valence-electron chi connectivity index (χ4n) is 3.46. The number of rotatable bonds is 4. The number of benzene rings is 2. The second-order valence-electron chi connectivity index (χ2n) is 6.21. The number of nitrogens with one attached hydrogen (secondary N) is 2. The van der Waals surface area contributed by atoms with E-state index in [1.165, 1.54) is 11.9 Å². The Labute approximate surface area is 145 Å². The van der Waals surface area contributed by atoms with Gasteiger partial charge in [0.2, 0.25) is 0 Å². The number of amides is 1. The molecule has 25 heavy (non-hydrogen) atoms. The van der Waals surface area contributed by atoms with Gasteiger partial charge in [-0.3, -0.25) is 4.79 Å². The lowest BCUT2D eigenvalue weighted by atomic mass is 9.94. The molecule has 1 fully saturated rings. The number of hydrogen-bond donors (Lipinski definition) is 3. The zero-order valence-corrected chi connectivity index (χ0v) is 13.6. The van der Waals surface area contributed by atoms with E-state index in [4.69, 9.17) is 5.73 Å². The number of anilines is 1. The molecule has 6 nitrogen and oxygen atoms in total. The summed E-state index contributed by atoms with van der Waals surface area (Å²) in [6.45, 7) is 1.76. The Kier molecular flexibility index (Phi) is 4.03. The van der Waals surface area contributed by atoms with Crippen LogP contribution >= 0.6 is 0 Å². The summed E-state index contributed by atoms with van der Waals surface area (Å²) in [5, 5.41) is 7.77. The monoisotopic (exact) mass is 333 g/mol. The Balaban J connectivity index is 1.69. The Bertz CT molecular complexity index is 912. The average Bonchev–Trinajstić information content (AvgIpc) is 3.10. The van der Waals surface area contributed by atoms with E-state index in [2.05, 4.69) is 44.9 Å². The highest BCUT2D eigenvalue weighted by atomic mass is 16.1. The van der Waals surface area contributed by atoms with Gasteiger partial charge in [0.15, 0.2) is 0 Å². The molecule has 0 saturated carbocycles. The molecule has 0 bridgehead atoms. The van der Waals surface area contributed by atoms with Crippen molar-refractivity contribution < 1.29 is 4.79 Å². The Morgan fingerprint density at radius 2 is 1.92 bits per heavy atom. The van der Waals surface area contributed by atoms with E-state index in [9.17, 15) is 4.79 Å². The third-order valence-corrected chi connectivity index (χ3v) is 4.69. The first-order chi connectivity index (χ1) is 12.2. The number of carbonyl (C=O) groups excluding carboxylic acids is 1. The van der Waals surface area contributed by atoms with Crippen LogP contribution in [0.25, 0.3) is 10.9 Å². The minimum Gasteiger partial charge on any atom is -0.366 e. The summed E-state index contributed by atoms with van der Waals surface area (Å²) in [5.74, 6) is 0.591. The van der Waals surface area contributed by atoms with E-state index in [1.54, 1.807) is 12.1 Å². The summed E-state index contributed by atoms with van der Waals surface area (Å²) in [4.78, 5) is 20.3. The molecule has 1 saturated heterocycles. The van der Waals surface area contributed by atoms with Crippen molar-refractivity contribution in [1.29, 1.82) is 0 Å². The minimum atomic E-state index is -0.486. The van der Waals surface area contributed by atoms with Crippen LogP contribution in [0.2, 0.25) is 0 Å². The minimum absolute atomic E-state index is 0.206. The SMILES string of the molecule is NC(=O)c1cccc2c(NC3CNCC3c3ccccc3)ncnc12. The maximum absolute atomic E-state index is 11.6. The Morgan fingerprint density at radius 3 is 2.72 bits per heavy atom. The predicted octanol–water partition coefficient (Wildman–Crippen LogP) is 1.90. The number of nitrogens with two attached hydrogens (primary N) is 1. The van der Waals surface area contributed by atoms with Crippen LogP contribution in [0, 0.1) is 0 Å². The molecule has 0 radical (unpaired) electrons. The molecule has 6 heteroatoms. The number of aromatic nitrogens is 2. The molecule has 2 atom stereocenters. The first-order valence-corrected chi connectivity index (χ1v) is 8.30. The van der Waals surface area contributed by atoms with Gasteiger partial charge in [-0.15, -0.1) is 0 Å². The zero-order chi connectivity index (χ0) is 17.2. The lowest BCUT2D eigenvalue weighted by Crippen LogP contribution is -2.27. The molecule has 2 unspecified atom stereocenters. The van der Waals surface area contributed by atoms with Crippen LogP contribution in [0.15, 0.2) is 54.9 Å². The summed E-state index contributed by atoms with van der Waals surface area (Å²) in [6, 6.07) is 16.0. The molecule has 0 aliphatic carbocycles. The van der Waals surface area contributed by atoms with Crippen LogP contribution in [0.5, 0.6) is 0 Å². The maximum Gasteiger partial charge on any atom is 0.250 e. The van der Waals surface area contributed by atoms with Crippen molar-refractivity contribution in [3.05, 3.63) is 66.0 Å². The molecule has 1 aliphatic rings. The van der Waals surface area contributed by atoms with E-state index < -0.39 is 5.91 Å². The summed E-state index contributed by atoms with van der Waals surface area (Å²) in [7, 11) is 0. The number of nitrogens with zero attached hydrogens (tertiary/aromatic N) is 2. The number of fused-ring (bicyclic) bond motifs is 1. The third-order valence-electron chi connectivity index (χ3n) is 4.69. The van der Waals surface area contributed by atoms with E-state index in [0.717, 1.165) is 24.3 Å². The van der Waals surface area contributed by atoms with Crippen LogP contribution in [-0.2, 0) is 0 Å². The van der Waals surface area contributed by atoms with Gasteiger partial charge in [-0.25, -0.2) is 9.97 Å². The highest BCUT2D eigenvalue weighted by Gasteiger charge is 2.29. The first-order valence-electron chi connectivity index (χ1n) is 8.30. The molecule has 2 aromatic carbocycles. The van der Waals surface area contributed by atoms with Gasteiger partial charge >= 0.3 is 0 Å². The number of primary amides is 1. The van der Waals surface area contributed by atoms with Gasteiger partial charge in [0.05, 0.1) is 11.1 Å². The highest BCUT2D eigenvalue weighted by Crippen LogP contribution is 2.28. The smallest absolute Gasteiger partial charge is 0.250 e. The van der Waals surface area contributed by atoms with Crippen molar-refractivity contribution >= 4 is 22.6 Å². The normalized spacial score (nSPS) is 19.8. The Hall–Kier alpha value is -2.99. The summed E-state index contributed by atoms with van der Waals surface area (Å²) < 4.78 is 0. The van der Waals surface area contributed by atoms with E-state index in [-0.39, 0.29) is 6.04 Å². The van der Waals surface area contributed by atoms with Gasteiger partial charge < -0.3 is 16.4 Å². The average molecular weight is 333 g/mol. The zero-order valence-electron chi connectivity index (χ0n) is 13.6. The third kappa shape index (κ3) is 2.92. The molecule has 1 aliphatic heterocycles. The van der Waals surface area contributed by atoms with E-state index in [1.807, 2.05) is 12.1 Å². The second kappa shape index (κ2) is 6.49. The predicted molar refractivity (Wildman–Crippen MR) is 97.5 cm³/mol. The number of para-hydroxylation sites is 1. The van der Waals surface area contributed by atoms with Crippen LogP contribution in [0.4, 0.5) is 5.82 Å². The molecule has 1 aromatic heterocycles. The van der Waals surface area contributed by atoms with E-state index in [0.29, 0.717) is 17.0 Å². The highest BCUT2D eigenvalue weighted by molar-refractivity contribution is 6.06. The molecule has 2 heterocycles. The molecule has 3 aromatic rings. The molecule has 1 amide bonds. The van der Waals surface area contributed by atoms with Gasteiger partial charge in [-0.1, -0.05) is 36.4 Å². The lowest BCUT2D eigenvalue weighted by Gasteiger charge is -2.21. The van der Waals surface area contributed by atoms with Crippen molar-refractivity contribution in [3.63, 3.8) is 0 Å². The quantitative estimate of drug-likeness (QED) is 0.678. The fourth-order valence-corrected chi connectivity index (χ4v) is 3.46. The molecule has 4 N–H and O–H groups in total. The van der Waals surface area contributed by atoms with Gasteiger partial charge in [-0.2, -0.15) is 0 Å². The van der Waals surface area contributed by atoms with Crippen LogP contribution in [-0.4, -0.2) is 35.0 Å². The number of hydrogen-bond acceptors (Lipinski definition) is 5. The van der Waals surface area contributed by atoms with Crippen LogP contribution < -0.4 is 16.4 Å². The summed E-state index contributed by atoms with van der Waals surface area (Å²) in [6.07, 6.45) is 1.47. The van der Waals surface area contributed by atoms with Crippen LogP contribution in [0.1, 0.15) is 21.8 Å².